The smallest absolute Gasteiger partial charge is 0.0159 e. The maximum atomic E-state index is 3.88. The highest BCUT2D eigenvalue weighted by atomic mass is 15.1. The third kappa shape index (κ3) is 3.92. The largest absolute Gasteiger partial charge is 0.313 e. The summed E-state index contributed by atoms with van der Waals surface area (Å²) in [6.07, 6.45) is 1.36. The van der Waals surface area contributed by atoms with Crippen molar-refractivity contribution in [3.05, 3.63) is 12.2 Å². The van der Waals surface area contributed by atoms with Crippen LogP contribution in [0, 0.1) is 5.92 Å². The summed E-state index contributed by atoms with van der Waals surface area (Å²) < 4.78 is 0. The third-order valence-corrected chi connectivity index (χ3v) is 2.68. The van der Waals surface area contributed by atoms with Crippen LogP contribution in [-0.2, 0) is 0 Å². The van der Waals surface area contributed by atoms with E-state index in [4.69, 9.17) is 0 Å². The molecule has 0 bridgehead atoms. The van der Waals surface area contributed by atoms with Gasteiger partial charge in [-0.15, -0.1) is 0 Å². The van der Waals surface area contributed by atoms with Crippen LogP contribution in [0.15, 0.2) is 12.2 Å². The Bertz CT molecular complexity index is 165. The van der Waals surface area contributed by atoms with Crippen molar-refractivity contribution < 1.29 is 0 Å². The van der Waals surface area contributed by atoms with Gasteiger partial charge in [0.1, 0.15) is 0 Å². The summed E-state index contributed by atoms with van der Waals surface area (Å²) in [6.45, 7) is 14.1. The zero-order valence-corrected chi connectivity index (χ0v) is 8.97. The van der Waals surface area contributed by atoms with Gasteiger partial charge in [0.2, 0.25) is 0 Å². The maximum Gasteiger partial charge on any atom is 0.0159 e. The molecule has 1 fully saturated rings. The molecule has 0 aromatic rings. The van der Waals surface area contributed by atoms with Crippen molar-refractivity contribution in [2.24, 2.45) is 5.92 Å². The second-order valence-corrected chi connectivity index (χ2v) is 4.14. The highest BCUT2D eigenvalue weighted by Gasteiger charge is 2.20. The quantitative estimate of drug-likeness (QED) is 0.648. The zero-order valence-electron chi connectivity index (χ0n) is 8.97. The Hall–Kier alpha value is -0.340. The van der Waals surface area contributed by atoms with Gasteiger partial charge in [-0.1, -0.05) is 19.1 Å². The first-order valence-corrected chi connectivity index (χ1v) is 5.29. The van der Waals surface area contributed by atoms with E-state index in [0.717, 1.165) is 19.0 Å². The van der Waals surface area contributed by atoms with Crippen LogP contribution < -0.4 is 5.32 Å². The van der Waals surface area contributed by atoms with Crippen LogP contribution in [0.3, 0.4) is 0 Å². The monoisotopic (exact) mass is 182 g/mol. The van der Waals surface area contributed by atoms with Crippen LogP contribution in [-0.4, -0.2) is 37.6 Å². The van der Waals surface area contributed by atoms with Gasteiger partial charge in [-0.25, -0.2) is 0 Å². The van der Waals surface area contributed by atoms with Gasteiger partial charge in [0.15, 0.2) is 0 Å². The average molecular weight is 182 g/mol. The van der Waals surface area contributed by atoms with Gasteiger partial charge in [0.05, 0.1) is 0 Å². The van der Waals surface area contributed by atoms with Crippen molar-refractivity contribution in [2.45, 2.75) is 20.3 Å². The van der Waals surface area contributed by atoms with Gasteiger partial charge in [-0.3, -0.25) is 0 Å². The van der Waals surface area contributed by atoms with E-state index in [9.17, 15) is 0 Å². The average Bonchev–Trinajstić information content (AvgIpc) is 2.52. The molecule has 2 nitrogen and oxygen atoms in total. The zero-order chi connectivity index (χ0) is 9.68. The normalized spacial score (nSPS) is 23.7. The SMILES string of the molecule is C=C(C)CNCC1CCN(CC)C1. The predicted octanol–water partition coefficient (Wildman–Crippen LogP) is 1.49. The van der Waals surface area contributed by atoms with Crippen LogP contribution in [0.1, 0.15) is 20.3 Å². The molecule has 1 saturated heterocycles. The summed E-state index contributed by atoms with van der Waals surface area (Å²) in [5.41, 5.74) is 1.23. The van der Waals surface area contributed by atoms with E-state index in [1.807, 2.05) is 0 Å². The first-order valence-electron chi connectivity index (χ1n) is 5.29. The van der Waals surface area contributed by atoms with Gasteiger partial charge >= 0.3 is 0 Å². The lowest BCUT2D eigenvalue weighted by Crippen LogP contribution is -2.27. The predicted molar refractivity (Wildman–Crippen MR) is 57.9 cm³/mol. The minimum atomic E-state index is 0.860. The molecule has 1 unspecified atom stereocenters. The molecule has 0 amide bonds. The third-order valence-electron chi connectivity index (χ3n) is 2.68. The molecule has 76 valence electrons. The molecule has 0 spiro atoms. The number of rotatable bonds is 5. The summed E-state index contributed by atoms with van der Waals surface area (Å²) >= 11 is 0. The van der Waals surface area contributed by atoms with Crippen LogP contribution >= 0.6 is 0 Å². The molecule has 2 heteroatoms. The molecule has 1 aliphatic heterocycles. The topological polar surface area (TPSA) is 15.3 Å². The summed E-state index contributed by atoms with van der Waals surface area (Å²) in [5, 5.41) is 3.45. The van der Waals surface area contributed by atoms with Crippen LogP contribution in [0.5, 0.6) is 0 Å². The summed E-state index contributed by atoms with van der Waals surface area (Å²) in [6, 6.07) is 0. The Labute approximate surface area is 82.0 Å². The number of nitrogens with zero attached hydrogens (tertiary/aromatic N) is 1. The fourth-order valence-electron chi connectivity index (χ4n) is 1.86. The summed E-state index contributed by atoms with van der Waals surface area (Å²) in [4.78, 5) is 2.52. The van der Waals surface area contributed by atoms with Gasteiger partial charge in [0.25, 0.3) is 0 Å². The molecule has 0 aliphatic carbocycles. The van der Waals surface area contributed by atoms with Crippen LogP contribution in [0.2, 0.25) is 0 Å². The van der Waals surface area contributed by atoms with E-state index in [1.54, 1.807) is 0 Å². The van der Waals surface area contributed by atoms with Crippen molar-refractivity contribution in [3.63, 3.8) is 0 Å². The second kappa shape index (κ2) is 5.40. The van der Waals surface area contributed by atoms with Crippen LogP contribution in [0.4, 0.5) is 0 Å². The minimum absolute atomic E-state index is 0.860. The molecule has 0 aromatic heterocycles. The Balaban J connectivity index is 2.07. The number of hydrogen-bond acceptors (Lipinski definition) is 2. The van der Waals surface area contributed by atoms with Crippen LogP contribution in [0.25, 0.3) is 0 Å². The van der Waals surface area contributed by atoms with E-state index < -0.39 is 0 Å². The molecule has 1 atom stereocenters. The Morgan fingerprint density at radius 2 is 2.38 bits per heavy atom. The minimum Gasteiger partial charge on any atom is -0.313 e. The lowest BCUT2D eigenvalue weighted by atomic mass is 10.1. The van der Waals surface area contributed by atoms with Crippen molar-refractivity contribution in [2.75, 3.05) is 32.7 Å². The Morgan fingerprint density at radius 1 is 1.62 bits per heavy atom. The highest BCUT2D eigenvalue weighted by molar-refractivity contribution is 4.91. The van der Waals surface area contributed by atoms with E-state index in [1.165, 1.54) is 31.6 Å². The molecular formula is C11H22N2. The standard InChI is InChI=1S/C11H22N2/c1-4-13-6-5-11(9-13)8-12-7-10(2)3/h11-12H,2,4-9H2,1,3H3. The van der Waals surface area contributed by atoms with Crippen molar-refractivity contribution in [3.8, 4) is 0 Å². The summed E-state index contributed by atoms with van der Waals surface area (Å²) in [7, 11) is 0. The molecule has 1 rings (SSSR count). The van der Waals surface area contributed by atoms with E-state index >= 15 is 0 Å². The fraction of sp³-hybridized carbons (Fsp3) is 0.818. The van der Waals surface area contributed by atoms with E-state index in [0.29, 0.717) is 0 Å². The number of nitrogens with one attached hydrogen (secondary N) is 1. The number of hydrogen-bond donors (Lipinski definition) is 1. The fourth-order valence-corrected chi connectivity index (χ4v) is 1.86. The van der Waals surface area contributed by atoms with E-state index in [-0.39, 0.29) is 0 Å². The maximum absolute atomic E-state index is 3.88. The van der Waals surface area contributed by atoms with Gasteiger partial charge in [-0.05, 0) is 38.9 Å². The molecule has 0 aromatic carbocycles. The first kappa shape index (κ1) is 10.7. The Morgan fingerprint density at radius 3 is 2.92 bits per heavy atom. The van der Waals surface area contributed by atoms with Gasteiger partial charge < -0.3 is 10.2 Å². The molecular weight excluding hydrogens is 160 g/mol. The van der Waals surface area contributed by atoms with E-state index in [2.05, 4.69) is 30.6 Å². The van der Waals surface area contributed by atoms with Crippen molar-refractivity contribution in [1.29, 1.82) is 0 Å². The van der Waals surface area contributed by atoms with Gasteiger partial charge in [0, 0.05) is 13.1 Å². The molecule has 0 saturated carbocycles. The lowest BCUT2D eigenvalue weighted by molar-refractivity contribution is 0.340. The molecule has 1 aliphatic rings. The highest BCUT2D eigenvalue weighted by Crippen LogP contribution is 2.14. The molecule has 13 heavy (non-hydrogen) atoms. The Kier molecular flexibility index (Phi) is 4.46. The lowest BCUT2D eigenvalue weighted by Gasteiger charge is -2.13. The molecule has 1 heterocycles. The first-order chi connectivity index (χ1) is 6.22. The number of likely N-dealkylation sites (tertiary alicyclic amines) is 1. The molecule has 0 radical (unpaired) electrons. The summed E-state index contributed by atoms with van der Waals surface area (Å²) in [5.74, 6) is 0.860. The van der Waals surface area contributed by atoms with Crippen molar-refractivity contribution in [1.82, 2.24) is 10.2 Å². The molecule has 1 N–H and O–H groups in total. The van der Waals surface area contributed by atoms with Crippen molar-refractivity contribution >= 4 is 0 Å². The second-order valence-electron chi connectivity index (χ2n) is 4.14. The van der Waals surface area contributed by atoms with Gasteiger partial charge in [-0.2, -0.15) is 0 Å².